The number of hydrogen-bond donors (Lipinski definition) is 3. The molecule has 1 aliphatic carbocycles. The molecule has 2 heterocycles. The van der Waals surface area contributed by atoms with E-state index < -0.39 is 11.6 Å². The normalized spacial score (nSPS) is 21.1. The molecule has 1 aliphatic rings. The Kier molecular flexibility index (Phi) is 6.24. The van der Waals surface area contributed by atoms with E-state index in [0.29, 0.717) is 36.6 Å². The van der Waals surface area contributed by atoms with Crippen molar-refractivity contribution >= 4 is 28.9 Å². The third kappa shape index (κ3) is 5.23. The van der Waals surface area contributed by atoms with Crippen molar-refractivity contribution < 1.29 is 15.0 Å². The molecule has 1 fully saturated rings. The summed E-state index contributed by atoms with van der Waals surface area (Å²) in [5.74, 6) is -0.615. The second-order valence-corrected chi connectivity index (χ2v) is 10.9. The third-order valence-corrected chi connectivity index (χ3v) is 7.35. The first-order valence-corrected chi connectivity index (χ1v) is 12.0. The van der Waals surface area contributed by atoms with Gasteiger partial charge in [-0.25, -0.2) is 15.0 Å². The van der Waals surface area contributed by atoms with Crippen molar-refractivity contribution in [1.82, 2.24) is 15.0 Å². The molecule has 0 atom stereocenters. The number of carboxylic acids is 1. The number of carbonyl (C=O) groups is 1. The minimum absolute atomic E-state index is 0.0694. The Labute approximate surface area is 198 Å². The van der Waals surface area contributed by atoms with Crippen LogP contribution in [0, 0.1) is 12.8 Å². The summed E-state index contributed by atoms with van der Waals surface area (Å²) in [6, 6.07) is 8.09. The van der Waals surface area contributed by atoms with Gasteiger partial charge in [0.2, 0.25) is 5.95 Å². The number of nitrogens with zero attached hydrogens (tertiary/aromatic N) is 3. The second kappa shape index (κ2) is 8.83. The Hall–Kier alpha value is -2.84. The average Bonchev–Trinajstić information content (AvgIpc) is 3.25. The molecule has 3 aromatic rings. The largest absolute Gasteiger partial charge is 0.481 e. The summed E-state index contributed by atoms with van der Waals surface area (Å²) in [4.78, 5) is 25.7. The fourth-order valence-corrected chi connectivity index (χ4v) is 5.19. The van der Waals surface area contributed by atoms with Crippen molar-refractivity contribution in [2.75, 3.05) is 5.32 Å². The van der Waals surface area contributed by atoms with E-state index in [2.05, 4.69) is 47.1 Å². The fourth-order valence-electron chi connectivity index (χ4n) is 4.14. The predicted molar refractivity (Wildman–Crippen MR) is 130 cm³/mol. The second-order valence-electron chi connectivity index (χ2n) is 9.90. The first-order valence-electron chi connectivity index (χ1n) is 11.2. The third-order valence-electron chi connectivity index (χ3n) is 6.11. The number of aliphatic carboxylic acids is 1. The molecule has 0 spiro atoms. The van der Waals surface area contributed by atoms with Gasteiger partial charge in [0.15, 0.2) is 0 Å². The molecule has 1 saturated carbocycles. The number of carboxylic acid groups (broad SMARTS) is 1. The number of aliphatic hydroxyl groups is 1. The number of benzene rings is 1. The first kappa shape index (κ1) is 23.3. The lowest BCUT2D eigenvalue weighted by molar-refractivity contribution is -0.145. The van der Waals surface area contributed by atoms with Gasteiger partial charge in [0.05, 0.1) is 16.5 Å². The van der Waals surface area contributed by atoms with E-state index in [1.165, 1.54) is 11.3 Å². The lowest BCUT2D eigenvalue weighted by Crippen LogP contribution is -2.33. The highest BCUT2D eigenvalue weighted by molar-refractivity contribution is 7.15. The number of nitrogens with one attached hydrogen (secondary N) is 1. The standard InChI is InChI=1S/C25H30N4O3S/c1-15-11-17(13-18(12-15)28-23-26-10-7-20(29-23)24(2,3)4)19-14-27-22(33-19)25(32)8-5-16(6-9-25)21(30)31/h7,10-14,16,32H,5-6,8-9H2,1-4H3,(H,30,31)(H,26,28,29)/t16-,25-. The van der Waals surface area contributed by atoms with Crippen LogP contribution < -0.4 is 5.32 Å². The molecule has 4 rings (SSSR count). The molecular weight excluding hydrogens is 436 g/mol. The maximum absolute atomic E-state index is 11.2. The summed E-state index contributed by atoms with van der Waals surface area (Å²) in [5.41, 5.74) is 2.80. The van der Waals surface area contributed by atoms with Gasteiger partial charge in [0.25, 0.3) is 0 Å². The Bertz CT molecular complexity index is 1160. The molecule has 3 N–H and O–H groups in total. The molecule has 0 amide bonds. The van der Waals surface area contributed by atoms with Gasteiger partial charge < -0.3 is 15.5 Å². The van der Waals surface area contributed by atoms with Crippen molar-refractivity contribution in [2.24, 2.45) is 5.92 Å². The van der Waals surface area contributed by atoms with E-state index in [-0.39, 0.29) is 11.3 Å². The van der Waals surface area contributed by atoms with Crippen LogP contribution in [0.3, 0.4) is 0 Å². The highest BCUT2D eigenvalue weighted by Gasteiger charge is 2.39. The molecule has 1 aromatic carbocycles. The van der Waals surface area contributed by atoms with Crippen molar-refractivity contribution in [3.8, 4) is 10.4 Å². The molecule has 0 saturated heterocycles. The van der Waals surface area contributed by atoms with Crippen LogP contribution in [0.1, 0.15) is 62.7 Å². The summed E-state index contributed by atoms with van der Waals surface area (Å²) >= 11 is 1.46. The van der Waals surface area contributed by atoms with Crippen LogP contribution in [0.15, 0.2) is 36.7 Å². The number of anilines is 2. The summed E-state index contributed by atoms with van der Waals surface area (Å²) in [6.45, 7) is 8.39. The molecule has 0 radical (unpaired) electrons. The van der Waals surface area contributed by atoms with Crippen molar-refractivity contribution in [2.45, 2.75) is 64.4 Å². The van der Waals surface area contributed by atoms with E-state index in [4.69, 9.17) is 0 Å². The van der Waals surface area contributed by atoms with Gasteiger partial charge in [-0.2, -0.15) is 0 Å². The van der Waals surface area contributed by atoms with Crippen LogP contribution in [0.25, 0.3) is 10.4 Å². The maximum atomic E-state index is 11.2. The molecular formula is C25H30N4O3S. The number of hydrogen-bond acceptors (Lipinski definition) is 7. The average molecular weight is 467 g/mol. The van der Waals surface area contributed by atoms with Gasteiger partial charge in [-0.1, -0.05) is 26.8 Å². The molecule has 0 unspecified atom stereocenters. The smallest absolute Gasteiger partial charge is 0.306 e. The molecule has 2 aromatic heterocycles. The van der Waals surface area contributed by atoms with E-state index in [1.54, 1.807) is 12.4 Å². The van der Waals surface area contributed by atoms with Gasteiger partial charge in [-0.15, -0.1) is 11.3 Å². The summed E-state index contributed by atoms with van der Waals surface area (Å²) < 4.78 is 0. The molecule has 33 heavy (non-hydrogen) atoms. The maximum Gasteiger partial charge on any atom is 0.306 e. The fraction of sp³-hybridized carbons (Fsp3) is 0.440. The summed E-state index contributed by atoms with van der Waals surface area (Å²) in [5, 5.41) is 24.3. The molecule has 0 bridgehead atoms. The van der Waals surface area contributed by atoms with Gasteiger partial charge in [-0.3, -0.25) is 4.79 Å². The lowest BCUT2D eigenvalue weighted by atomic mass is 9.79. The molecule has 174 valence electrons. The van der Waals surface area contributed by atoms with Gasteiger partial charge in [-0.05, 0) is 61.9 Å². The number of rotatable bonds is 5. The lowest BCUT2D eigenvalue weighted by Gasteiger charge is -2.32. The van der Waals surface area contributed by atoms with Gasteiger partial charge in [0, 0.05) is 23.5 Å². The van der Waals surface area contributed by atoms with E-state index >= 15 is 0 Å². The van der Waals surface area contributed by atoms with Crippen molar-refractivity contribution in [3.05, 3.63) is 52.9 Å². The quantitative estimate of drug-likeness (QED) is 0.461. The van der Waals surface area contributed by atoms with Crippen LogP contribution in [0.2, 0.25) is 0 Å². The van der Waals surface area contributed by atoms with Gasteiger partial charge in [0.1, 0.15) is 10.6 Å². The van der Waals surface area contributed by atoms with E-state index in [1.807, 2.05) is 25.1 Å². The van der Waals surface area contributed by atoms with Crippen molar-refractivity contribution in [3.63, 3.8) is 0 Å². The van der Waals surface area contributed by atoms with Crippen LogP contribution in [0.5, 0.6) is 0 Å². The number of aryl methyl sites for hydroxylation is 1. The molecule has 8 heteroatoms. The Balaban J connectivity index is 1.56. The van der Waals surface area contributed by atoms with Crippen LogP contribution in [-0.4, -0.2) is 31.1 Å². The zero-order chi connectivity index (χ0) is 23.8. The first-order chi connectivity index (χ1) is 15.5. The summed E-state index contributed by atoms with van der Waals surface area (Å²) in [7, 11) is 0. The van der Waals surface area contributed by atoms with Gasteiger partial charge >= 0.3 is 5.97 Å². The van der Waals surface area contributed by atoms with E-state index in [9.17, 15) is 15.0 Å². The minimum Gasteiger partial charge on any atom is -0.481 e. The molecule has 0 aliphatic heterocycles. The monoisotopic (exact) mass is 466 g/mol. The van der Waals surface area contributed by atoms with Crippen LogP contribution in [0.4, 0.5) is 11.6 Å². The topological polar surface area (TPSA) is 108 Å². The van der Waals surface area contributed by atoms with Crippen LogP contribution >= 0.6 is 11.3 Å². The minimum atomic E-state index is -1.05. The SMILES string of the molecule is Cc1cc(Nc2nccc(C(C)(C)C)n2)cc(-c2cnc([C@]3(O)CC[C@H](C(=O)O)CC3)s2)c1. The number of thiazole rings is 1. The Morgan fingerprint density at radius 2 is 1.91 bits per heavy atom. The van der Waals surface area contributed by atoms with Crippen molar-refractivity contribution in [1.29, 1.82) is 0 Å². The van der Waals surface area contributed by atoms with Crippen LogP contribution in [-0.2, 0) is 15.8 Å². The summed E-state index contributed by atoms with van der Waals surface area (Å²) in [6.07, 6.45) is 5.32. The Morgan fingerprint density at radius 1 is 1.18 bits per heavy atom. The highest BCUT2D eigenvalue weighted by Crippen LogP contribution is 2.43. The zero-order valence-corrected chi connectivity index (χ0v) is 20.2. The highest BCUT2D eigenvalue weighted by atomic mass is 32.1. The Morgan fingerprint density at radius 3 is 2.58 bits per heavy atom. The molecule has 7 nitrogen and oxygen atoms in total. The predicted octanol–water partition coefficient (Wildman–Crippen LogP) is 5.41. The van der Waals surface area contributed by atoms with E-state index in [0.717, 1.165) is 27.4 Å². The zero-order valence-electron chi connectivity index (χ0n) is 19.4. The number of aromatic nitrogens is 3.